The van der Waals surface area contributed by atoms with E-state index in [1.54, 1.807) is 0 Å². The van der Waals surface area contributed by atoms with Crippen molar-refractivity contribution in [1.82, 2.24) is 5.32 Å². The third-order valence-corrected chi connectivity index (χ3v) is 4.18. The van der Waals surface area contributed by atoms with E-state index in [1.807, 2.05) is 0 Å². The molecule has 1 aliphatic rings. The summed E-state index contributed by atoms with van der Waals surface area (Å²) in [6.45, 7) is 3.11. The smallest absolute Gasteiger partial charge is 0.257 e. The van der Waals surface area contributed by atoms with E-state index >= 15 is 0 Å². The Hall–Kier alpha value is -1.30. The van der Waals surface area contributed by atoms with Gasteiger partial charge in [-0.15, -0.1) is 0 Å². The van der Waals surface area contributed by atoms with Crippen molar-refractivity contribution in [3.8, 4) is 5.75 Å². The van der Waals surface area contributed by atoms with Crippen LogP contribution in [-0.2, 0) is 9.53 Å². The van der Waals surface area contributed by atoms with Gasteiger partial charge in [-0.1, -0.05) is 23.2 Å². The van der Waals surface area contributed by atoms with Gasteiger partial charge in [0.1, 0.15) is 5.02 Å². The number of carbonyl (C=O) groups is 2. The molecule has 2 rings (SSSR count). The van der Waals surface area contributed by atoms with Crippen molar-refractivity contribution in [1.29, 1.82) is 0 Å². The molecule has 22 heavy (non-hydrogen) atoms. The van der Waals surface area contributed by atoms with E-state index in [9.17, 15) is 9.59 Å². The molecule has 0 aliphatic carbocycles. The van der Waals surface area contributed by atoms with Crippen LogP contribution in [0.3, 0.4) is 0 Å². The predicted octanol–water partition coefficient (Wildman–Crippen LogP) is 2.73. The quantitative estimate of drug-likeness (QED) is 0.805. The minimum absolute atomic E-state index is 0.131. The lowest BCUT2D eigenvalue weighted by Gasteiger charge is -2.13. The maximum Gasteiger partial charge on any atom is 0.257 e. The van der Waals surface area contributed by atoms with Gasteiger partial charge in [0.05, 0.1) is 17.2 Å². The van der Waals surface area contributed by atoms with Gasteiger partial charge in [-0.2, -0.15) is 0 Å². The zero-order valence-corrected chi connectivity index (χ0v) is 13.7. The summed E-state index contributed by atoms with van der Waals surface area (Å²) in [6, 6.07) is 3.05. The van der Waals surface area contributed by atoms with E-state index in [0.717, 1.165) is 13.0 Å². The number of Topliss-reactive ketones (excluding diaryl/α,β-unsaturated/α-hetero) is 1. The van der Waals surface area contributed by atoms with Gasteiger partial charge in [0.25, 0.3) is 5.91 Å². The number of halogens is 2. The summed E-state index contributed by atoms with van der Waals surface area (Å²) in [6.07, 6.45) is 0.940. The molecule has 5 nitrogen and oxygen atoms in total. The number of nitrogens with one attached hydrogen (secondary N) is 1. The topological polar surface area (TPSA) is 64.6 Å². The van der Waals surface area contributed by atoms with E-state index in [2.05, 4.69) is 5.32 Å². The highest BCUT2D eigenvalue weighted by Crippen LogP contribution is 2.35. The first-order chi connectivity index (χ1) is 10.5. The Morgan fingerprint density at radius 3 is 2.82 bits per heavy atom. The van der Waals surface area contributed by atoms with Crippen LogP contribution in [0.2, 0.25) is 10.0 Å². The van der Waals surface area contributed by atoms with Crippen molar-refractivity contribution >= 4 is 34.9 Å². The number of rotatable bonds is 6. The summed E-state index contributed by atoms with van der Waals surface area (Å²) < 4.78 is 10.6. The molecule has 120 valence electrons. The van der Waals surface area contributed by atoms with E-state index in [4.69, 9.17) is 32.7 Å². The van der Waals surface area contributed by atoms with Crippen molar-refractivity contribution in [2.24, 2.45) is 5.92 Å². The van der Waals surface area contributed by atoms with Gasteiger partial charge in [0.15, 0.2) is 18.1 Å². The van der Waals surface area contributed by atoms with Crippen LogP contribution in [0.1, 0.15) is 23.7 Å². The molecular weight excluding hydrogens is 329 g/mol. The van der Waals surface area contributed by atoms with Crippen LogP contribution in [0.25, 0.3) is 0 Å². The second-order valence-corrected chi connectivity index (χ2v) is 5.90. The number of benzene rings is 1. The third kappa shape index (κ3) is 4.35. The monoisotopic (exact) mass is 345 g/mol. The summed E-state index contributed by atoms with van der Waals surface area (Å²) in [5.74, 6) is -0.0120. The van der Waals surface area contributed by atoms with Gasteiger partial charge in [-0.25, -0.2) is 0 Å². The van der Waals surface area contributed by atoms with Crippen molar-refractivity contribution in [3.05, 3.63) is 27.7 Å². The number of hydrogen-bond acceptors (Lipinski definition) is 4. The van der Waals surface area contributed by atoms with Gasteiger partial charge in [-0.05, 0) is 25.5 Å². The van der Waals surface area contributed by atoms with Gasteiger partial charge in [-0.3, -0.25) is 9.59 Å². The van der Waals surface area contributed by atoms with Gasteiger partial charge in [0.2, 0.25) is 0 Å². The molecule has 1 aliphatic heterocycles. The third-order valence-electron chi connectivity index (χ3n) is 3.39. The van der Waals surface area contributed by atoms with Crippen LogP contribution < -0.4 is 10.1 Å². The predicted molar refractivity (Wildman–Crippen MR) is 83.9 cm³/mol. The highest BCUT2D eigenvalue weighted by atomic mass is 35.5. The van der Waals surface area contributed by atoms with Crippen LogP contribution in [-0.4, -0.2) is 38.1 Å². The SMILES string of the molecule is CC(=O)c1ccc(Cl)c(Cl)c1OCC(=O)NCC1CCOC1. The lowest BCUT2D eigenvalue weighted by Crippen LogP contribution is -2.33. The second-order valence-electron chi connectivity index (χ2n) is 5.12. The number of carbonyl (C=O) groups excluding carboxylic acids is 2. The molecule has 1 aromatic rings. The molecule has 7 heteroatoms. The Bertz CT molecular complexity index is 571. The van der Waals surface area contributed by atoms with Crippen LogP contribution in [0.5, 0.6) is 5.75 Å². The maximum atomic E-state index is 11.8. The molecule has 1 aromatic carbocycles. The number of hydrogen-bond donors (Lipinski definition) is 1. The summed E-state index contributed by atoms with van der Waals surface area (Å²) in [5, 5.41) is 3.17. The molecule has 0 saturated carbocycles. The minimum Gasteiger partial charge on any atom is -0.481 e. The molecule has 1 atom stereocenters. The average Bonchev–Trinajstić information content (AvgIpc) is 2.99. The number of amides is 1. The summed E-state index contributed by atoms with van der Waals surface area (Å²) in [4.78, 5) is 23.4. The zero-order valence-electron chi connectivity index (χ0n) is 12.2. The first-order valence-electron chi connectivity index (χ1n) is 6.95. The van der Waals surface area contributed by atoms with E-state index in [-0.39, 0.29) is 34.1 Å². The van der Waals surface area contributed by atoms with Crippen molar-refractivity contribution in [2.75, 3.05) is 26.4 Å². The Morgan fingerprint density at radius 1 is 1.41 bits per heavy atom. The molecule has 1 N–H and O–H groups in total. The highest BCUT2D eigenvalue weighted by Gasteiger charge is 2.18. The van der Waals surface area contributed by atoms with Crippen molar-refractivity contribution in [2.45, 2.75) is 13.3 Å². The lowest BCUT2D eigenvalue weighted by atomic mass is 10.1. The molecule has 1 heterocycles. The fraction of sp³-hybridized carbons (Fsp3) is 0.467. The first-order valence-corrected chi connectivity index (χ1v) is 7.70. The largest absolute Gasteiger partial charge is 0.481 e. The van der Waals surface area contributed by atoms with Crippen LogP contribution in [0, 0.1) is 5.92 Å². The lowest BCUT2D eigenvalue weighted by molar-refractivity contribution is -0.123. The number of ketones is 1. The highest BCUT2D eigenvalue weighted by molar-refractivity contribution is 6.43. The normalized spacial score (nSPS) is 17.3. The Morgan fingerprint density at radius 2 is 2.18 bits per heavy atom. The van der Waals surface area contributed by atoms with E-state index in [0.29, 0.717) is 24.6 Å². The first kappa shape index (κ1) is 17.1. The van der Waals surface area contributed by atoms with Crippen LogP contribution in [0.15, 0.2) is 12.1 Å². The van der Waals surface area contributed by atoms with Gasteiger partial charge >= 0.3 is 0 Å². The molecule has 1 amide bonds. The molecule has 0 radical (unpaired) electrons. The van der Waals surface area contributed by atoms with Gasteiger partial charge < -0.3 is 14.8 Å². The average molecular weight is 346 g/mol. The summed E-state index contributed by atoms with van der Waals surface area (Å²) in [7, 11) is 0. The molecule has 0 spiro atoms. The van der Waals surface area contributed by atoms with Crippen LogP contribution in [0.4, 0.5) is 0 Å². The fourth-order valence-corrected chi connectivity index (χ4v) is 2.51. The zero-order chi connectivity index (χ0) is 16.1. The van der Waals surface area contributed by atoms with E-state index in [1.165, 1.54) is 19.1 Å². The van der Waals surface area contributed by atoms with Gasteiger partial charge in [0, 0.05) is 19.1 Å². The van der Waals surface area contributed by atoms with Crippen molar-refractivity contribution in [3.63, 3.8) is 0 Å². The summed E-state index contributed by atoms with van der Waals surface area (Å²) >= 11 is 12.0. The molecular formula is C15H17Cl2NO4. The number of ether oxygens (including phenoxy) is 2. The Balaban J connectivity index is 1.94. The fourth-order valence-electron chi connectivity index (χ4n) is 2.14. The minimum atomic E-state index is -0.280. The maximum absolute atomic E-state index is 11.8. The second kappa shape index (κ2) is 7.81. The standard InChI is InChI=1S/C15H17Cl2NO4/c1-9(19)11-2-3-12(16)14(17)15(11)22-8-13(20)18-6-10-4-5-21-7-10/h2-3,10H,4-8H2,1H3,(H,18,20). The molecule has 0 aromatic heterocycles. The van der Waals surface area contributed by atoms with Crippen LogP contribution >= 0.6 is 23.2 Å². The van der Waals surface area contributed by atoms with Crippen molar-refractivity contribution < 1.29 is 19.1 Å². The molecule has 1 unspecified atom stereocenters. The Labute approximate surface area is 138 Å². The van der Waals surface area contributed by atoms with E-state index < -0.39 is 0 Å². The molecule has 0 bridgehead atoms. The summed E-state index contributed by atoms with van der Waals surface area (Å²) in [5.41, 5.74) is 0.298. The molecule has 1 saturated heterocycles. The molecule has 1 fully saturated rings. The Kier molecular flexibility index (Phi) is 6.06.